The summed E-state index contributed by atoms with van der Waals surface area (Å²) in [5, 5.41) is -0.0480. The molecule has 0 aliphatic carbocycles. The molecule has 0 amide bonds. The van der Waals surface area contributed by atoms with Gasteiger partial charge in [0.25, 0.3) is 0 Å². The predicted molar refractivity (Wildman–Crippen MR) is 205 cm³/mol. The molecule has 0 saturated carbocycles. The lowest BCUT2D eigenvalue weighted by Crippen LogP contribution is -2.50. The third-order valence-corrected chi connectivity index (χ3v) is 13.9. The van der Waals surface area contributed by atoms with Crippen LogP contribution in [0.1, 0.15) is 47.8 Å². The molecular weight excluding hydrogens is 677 g/mol. The van der Waals surface area contributed by atoms with Crippen molar-refractivity contribution < 1.29 is 42.4 Å². The minimum Gasteiger partial charge on any atom is -0.497 e. The molecule has 4 aromatic carbocycles. The van der Waals surface area contributed by atoms with Gasteiger partial charge in [-0.05, 0) is 83.4 Å². The number of esters is 1. The van der Waals surface area contributed by atoms with Crippen LogP contribution in [0.2, 0.25) is 18.1 Å². The van der Waals surface area contributed by atoms with E-state index in [1.54, 1.807) is 45.6 Å². The number of ether oxygens (including phenoxy) is 7. The fourth-order valence-corrected chi connectivity index (χ4v) is 6.04. The van der Waals surface area contributed by atoms with Gasteiger partial charge >= 0.3 is 5.97 Å². The first-order chi connectivity index (χ1) is 24.9. The summed E-state index contributed by atoms with van der Waals surface area (Å²) in [5.74, 6) is 1.76. The summed E-state index contributed by atoms with van der Waals surface area (Å²) in [5.41, 5.74) is 3.22. The highest BCUT2D eigenvalue weighted by Gasteiger charge is 2.41. The Labute approximate surface area is 310 Å². The molecule has 0 bridgehead atoms. The average Bonchev–Trinajstić information content (AvgIpc) is 3.15. The Balaban J connectivity index is 1.69. The lowest BCUT2D eigenvalue weighted by molar-refractivity contribution is -0.158. The molecule has 0 saturated heterocycles. The van der Waals surface area contributed by atoms with E-state index in [0.29, 0.717) is 5.56 Å². The van der Waals surface area contributed by atoms with E-state index in [0.717, 1.165) is 33.9 Å². The molecule has 0 heterocycles. The maximum atomic E-state index is 13.7. The van der Waals surface area contributed by atoms with Crippen LogP contribution in [0.15, 0.2) is 103 Å². The minimum absolute atomic E-state index is 0.0420. The van der Waals surface area contributed by atoms with Gasteiger partial charge < -0.3 is 37.6 Å². The molecule has 10 heteroatoms. The van der Waals surface area contributed by atoms with Gasteiger partial charge in [-0.3, -0.25) is 0 Å². The Hall–Kier alpha value is -4.19. The average molecular weight is 731 g/mol. The second-order valence-electron chi connectivity index (χ2n) is 14.1. The van der Waals surface area contributed by atoms with Crippen molar-refractivity contribution in [2.24, 2.45) is 0 Å². The third-order valence-electron chi connectivity index (χ3n) is 9.35. The maximum absolute atomic E-state index is 13.7. The second-order valence-corrected chi connectivity index (χ2v) is 18.9. The van der Waals surface area contributed by atoms with Crippen molar-refractivity contribution in [3.05, 3.63) is 125 Å². The summed E-state index contributed by atoms with van der Waals surface area (Å²) in [6.45, 7) is 12.0. The van der Waals surface area contributed by atoms with Crippen molar-refractivity contribution in [1.82, 2.24) is 0 Å². The van der Waals surface area contributed by atoms with E-state index in [-0.39, 0.29) is 38.1 Å². The molecule has 0 aliphatic rings. The highest BCUT2D eigenvalue weighted by atomic mass is 28.4. The van der Waals surface area contributed by atoms with Crippen LogP contribution in [0.5, 0.6) is 17.2 Å². The van der Waals surface area contributed by atoms with E-state index in [1.807, 2.05) is 78.9 Å². The first kappa shape index (κ1) is 40.6. The number of hydrogen-bond acceptors (Lipinski definition) is 9. The van der Waals surface area contributed by atoms with Crippen molar-refractivity contribution in [2.75, 3.05) is 34.5 Å². The number of benzene rings is 4. The van der Waals surface area contributed by atoms with Gasteiger partial charge in [-0.2, -0.15) is 0 Å². The van der Waals surface area contributed by atoms with Gasteiger partial charge in [-0.25, -0.2) is 4.79 Å². The van der Waals surface area contributed by atoms with Crippen LogP contribution in [0, 0.1) is 0 Å². The molecule has 4 rings (SSSR count). The van der Waals surface area contributed by atoms with Gasteiger partial charge in [0, 0.05) is 0 Å². The fourth-order valence-electron chi connectivity index (χ4n) is 5.03. The Bertz CT molecular complexity index is 1620. The summed E-state index contributed by atoms with van der Waals surface area (Å²) >= 11 is 0. The van der Waals surface area contributed by atoms with Crippen LogP contribution in [-0.4, -0.2) is 67.1 Å². The molecule has 0 spiro atoms. The molecule has 52 heavy (non-hydrogen) atoms. The zero-order valence-corrected chi connectivity index (χ0v) is 32.8. The normalized spacial score (nSPS) is 13.5. The summed E-state index contributed by atoms with van der Waals surface area (Å²) in [7, 11) is 2.65. The Morgan fingerprint density at radius 3 is 1.52 bits per heavy atom. The number of carbonyl (C=O) groups excluding carboxylic acids is 1. The van der Waals surface area contributed by atoms with Crippen LogP contribution < -0.4 is 14.2 Å². The quantitative estimate of drug-likeness (QED) is 0.0655. The predicted octanol–water partition coefficient (Wildman–Crippen LogP) is 8.65. The smallest absolute Gasteiger partial charge is 0.338 e. The standard InChI is InChI=1S/C42H54O9Si/c1-42(2,3)52(7,8)50-30-38(48-27-32-16-22-36(45-5)23-17-32)40(49-28-33-18-24-37(46-6)25-19-33)39(51-41(43)34-12-10-9-11-13-34)29-47-26-31-14-20-35(44-4)21-15-31/h9-25,38-40H,26-30H2,1-8H3/t38-,39-,40+/m1/s1. The molecule has 280 valence electrons. The van der Waals surface area contributed by atoms with Gasteiger partial charge in [-0.15, -0.1) is 0 Å². The lowest BCUT2D eigenvalue weighted by atomic mass is 10.1. The van der Waals surface area contributed by atoms with Crippen molar-refractivity contribution in [3.8, 4) is 17.2 Å². The van der Waals surface area contributed by atoms with Crippen LogP contribution in [0.25, 0.3) is 0 Å². The molecule has 0 radical (unpaired) electrons. The number of rotatable bonds is 20. The number of carbonyl (C=O) groups is 1. The SMILES string of the molecule is COc1ccc(COC[C@@H](OC(=O)c2ccccc2)[C@@H](OCc2ccc(OC)cc2)[C@@H](CO[Si](C)(C)C(C)(C)C)OCc2ccc(OC)cc2)cc1. The molecule has 3 atom stereocenters. The van der Waals surface area contributed by atoms with E-state index < -0.39 is 32.6 Å². The highest BCUT2D eigenvalue weighted by molar-refractivity contribution is 6.74. The molecule has 0 fully saturated rings. The van der Waals surface area contributed by atoms with Gasteiger partial charge in [0.2, 0.25) is 0 Å². The molecule has 9 nitrogen and oxygen atoms in total. The molecule has 0 aliphatic heterocycles. The van der Waals surface area contributed by atoms with Crippen molar-refractivity contribution in [3.63, 3.8) is 0 Å². The number of methoxy groups -OCH3 is 3. The van der Waals surface area contributed by atoms with Crippen molar-refractivity contribution >= 4 is 14.3 Å². The topological polar surface area (TPSA) is 90.9 Å². The first-order valence-electron chi connectivity index (χ1n) is 17.5. The molecular formula is C42H54O9Si. The molecule has 4 aromatic rings. The monoisotopic (exact) mass is 730 g/mol. The van der Waals surface area contributed by atoms with Gasteiger partial charge in [0.15, 0.2) is 14.4 Å². The summed E-state index contributed by atoms with van der Waals surface area (Å²) in [6, 6.07) is 31.9. The molecule has 0 N–H and O–H groups in total. The zero-order valence-electron chi connectivity index (χ0n) is 31.8. The minimum atomic E-state index is -2.24. The van der Waals surface area contributed by atoms with Crippen molar-refractivity contribution in [2.45, 2.75) is 77.0 Å². The van der Waals surface area contributed by atoms with E-state index in [9.17, 15) is 4.79 Å². The first-order valence-corrected chi connectivity index (χ1v) is 20.4. The van der Waals surface area contributed by atoms with Crippen molar-refractivity contribution in [1.29, 1.82) is 0 Å². The summed E-state index contributed by atoms with van der Waals surface area (Å²) in [6.07, 6.45) is -2.30. The largest absolute Gasteiger partial charge is 0.497 e. The van der Waals surface area contributed by atoms with Gasteiger partial charge in [-0.1, -0.05) is 75.4 Å². The Morgan fingerprint density at radius 1 is 0.596 bits per heavy atom. The van der Waals surface area contributed by atoms with Crippen LogP contribution in [0.4, 0.5) is 0 Å². The summed E-state index contributed by atoms with van der Waals surface area (Å²) in [4.78, 5) is 13.7. The van der Waals surface area contributed by atoms with Gasteiger partial charge in [0.05, 0.1) is 59.9 Å². The fraction of sp³-hybridized carbons (Fsp3) is 0.405. The van der Waals surface area contributed by atoms with E-state index in [1.165, 1.54) is 0 Å². The Kier molecular flexibility index (Phi) is 15.3. The van der Waals surface area contributed by atoms with E-state index >= 15 is 0 Å². The molecule has 0 unspecified atom stereocenters. The highest BCUT2D eigenvalue weighted by Crippen LogP contribution is 2.37. The van der Waals surface area contributed by atoms with E-state index in [4.69, 9.17) is 37.6 Å². The van der Waals surface area contributed by atoms with Crippen LogP contribution in [0.3, 0.4) is 0 Å². The third kappa shape index (κ3) is 12.2. The van der Waals surface area contributed by atoms with Crippen LogP contribution in [-0.2, 0) is 43.2 Å². The van der Waals surface area contributed by atoms with E-state index in [2.05, 4.69) is 33.9 Å². The Morgan fingerprint density at radius 2 is 1.06 bits per heavy atom. The summed E-state index contributed by atoms with van der Waals surface area (Å²) < 4.78 is 48.9. The van der Waals surface area contributed by atoms with Crippen LogP contribution >= 0.6 is 0 Å². The van der Waals surface area contributed by atoms with Gasteiger partial charge in [0.1, 0.15) is 29.5 Å². The second kappa shape index (κ2) is 19.6. The lowest BCUT2D eigenvalue weighted by Gasteiger charge is -2.39. The zero-order chi connectivity index (χ0) is 37.6. The molecule has 0 aromatic heterocycles. The number of hydrogen-bond donors (Lipinski definition) is 0. The maximum Gasteiger partial charge on any atom is 0.338 e.